The van der Waals surface area contributed by atoms with Crippen LogP contribution in [-0.2, 0) is 6.42 Å². The van der Waals surface area contributed by atoms with Crippen molar-refractivity contribution in [3.05, 3.63) is 60.2 Å². The van der Waals surface area contributed by atoms with E-state index in [-0.39, 0.29) is 6.04 Å². The molecule has 0 aliphatic carbocycles. The Kier molecular flexibility index (Phi) is 3.47. The highest BCUT2D eigenvalue weighted by Gasteiger charge is 2.17. The molecule has 20 heavy (non-hydrogen) atoms. The van der Waals surface area contributed by atoms with Crippen molar-refractivity contribution in [2.45, 2.75) is 12.5 Å². The predicted molar refractivity (Wildman–Crippen MR) is 72.4 cm³/mol. The van der Waals surface area contributed by atoms with E-state index in [0.29, 0.717) is 24.0 Å². The van der Waals surface area contributed by atoms with E-state index in [2.05, 4.69) is 20.1 Å². The zero-order valence-corrected chi connectivity index (χ0v) is 10.7. The molecule has 3 rings (SSSR count). The molecule has 0 radical (unpaired) electrons. The Morgan fingerprint density at radius 2 is 1.75 bits per heavy atom. The van der Waals surface area contributed by atoms with E-state index in [4.69, 9.17) is 10.3 Å². The van der Waals surface area contributed by atoms with Gasteiger partial charge in [-0.2, -0.15) is 4.98 Å². The molecular weight excluding hydrogens is 254 g/mol. The maximum absolute atomic E-state index is 6.08. The summed E-state index contributed by atoms with van der Waals surface area (Å²) in [5.74, 6) is 1.16. The smallest absolute Gasteiger partial charge is 0.244 e. The number of aromatic nitrogens is 4. The highest BCUT2D eigenvalue weighted by molar-refractivity contribution is 5.40. The van der Waals surface area contributed by atoms with Crippen molar-refractivity contribution in [3.63, 3.8) is 0 Å². The summed E-state index contributed by atoms with van der Waals surface area (Å²) >= 11 is 0. The lowest BCUT2D eigenvalue weighted by Crippen LogP contribution is -2.13. The highest BCUT2D eigenvalue weighted by atomic mass is 16.5. The van der Waals surface area contributed by atoms with Crippen LogP contribution in [-0.4, -0.2) is 20.1 Å². The maximum atomic E-state index is 6.08. The van der Waals surface area contributed by atoms with Gasteiger partial charge in [0, 0.05) is 12.4 Å². The summed E-state index contributed by atoms with van der Waals surface area (Å²) in [4.78, 5) is 12.4. The molecule has 6 nitrogen and oxygen atoms in total. The van der Waals surface area contributed by atoms with Gasteiger partial charge in [-0.3, -0.25) is 0 Å². The quantitative estimate of drug-likeness (QED) is 0.774. The maximum Gasteiger partial charge on any atom is 0.244 e. The molecule has 0 saturated heterocycles. The van der Waals surface area contributed by atoms with Gasteiger partial charge in [-0.05, 0) is 18.1 Å². The number of benzene rings is 1. The van der Waals surface area contributed by atoms with Gasteiger partial charge in [0.15, 0.2) is 0 Å². The van der Waals surface area contributed by atoms with E-state index in [0.717, 1.165) is 5.56 Å². The van der Waals surface area contributed by atoms with Gasteiger partial charge in [-0.15, -0.1) is 0 Å². The van der Waals surface area contributed by atoms with Crippen LogP contribution in [0.1, 0.15) is 17.5 Å². The number of nitrogens with two attached hydrogens (primary N) is 1. The summed E-state index contributed by atoms with van der Waals surface area (Å²) in [6, 6.07) is 11.3. The van der Waals surface area contributed by atoms with Crippen LogP contribution in [0.5, 0.6) is 0 Å². The first kappa shape index (κ1) is 12.4. The van der Waals surface area contributed by atoms with Gasteiger partial charge in [0.2, 0.25) is 17.5 Å². The minimum absolute atomic E-state index is 0.345. The molecule has 2 aromatic heterocycles. The molecule has 0 bridgehead atoms. The summed E-state index contributed by atoms with van der Waals surface area (Å²) in [5, 5.41) is 3.86. The third-order valence-electron chi connectivity index (χ3n) is 2.82. The van der Waals surface area contributed by atoms with E-state index in [1.54, 1.807) is 18.5 Å². The van der Waals surface area contributed by atoms with Crippen LogP contribution in [0.3, 0.4) is 0 Å². The molecular formula is C14H13N5O. The lowest BCUT2D eigenvalue weighted by Gasteiger charge is -2.05. The fraction of sp³-hybridized carbons (Fsp3) is 0.143. The van der Waals surface area contributed by atoms with Gasteiger partial charge in [0.1, 0.15) is 0 Å². The second-order valence-electron chi connectivity index (χ2n) is 4.32. The summed E-state index contributed by atoms with van der Waals surface area (Å²) in [6.45, 7) is 0. The molecule has 6 heteroatoms. The Balaban J connectivity index is 1.77. The van der Waals surface area contributed by atoms with Crippen LogP contribution < -0.4 is 5.73 Å². The molecule has 0 saturated carbocycles. The average Bonchev–Trinajstić information content (AvgIpc) is 2.99. The second-order valence-corrected chi connectivity index (χ2v) is 4.32. The molecule has 0 aliphatic rings. The van der Waals surface area contributed by atoms with Crippen LogP contribution in [0.15, 0.2) is 53.3 Å². The molecule has 3 aromatic rings. The fourth-order valence-electron chi connectivity index (χ4n) is 1.85. The zero-order chi connectivity index (χ0) is 13.8. The fourth-order valence-corrected chi connectivity index (χ4v) is 1.85. The zero-order valence-electron chi connectivity index (χ0n) is 10.7. The molecule has 2 heterocycles. The monoisotopic (exact) mass is 267 g/mol. The Bertz CT molecular complexity index is 668. The largest absolute Gasteiger partial charge is 0.337 e. The molecule has 2 N–H and O–H groups in total. The highest BCUT2D eigenvalue weighted by Crippen LogP contribution is 2.17. The Morgan fingerprint density at radius 3 is 2.50 bits per heavy atom. The van der Waals surface area contributed by atoms with E-state index in [1.807, 2.05) is 30.3 Å². The van der Waals surface area contributed by atoms with Gasteiger partial charge in [0.25, 0.3) is 0 Å². The van der Waals surface area contributed by atoms with Crippen LogP contribution in [0.25, 0.3) is 11.6 Å². The van der Waals surface area contributed by atoms with Gasteiger partial charge < -0.3 is 10.3 Å². The first-order valence-corrected chi connectivity index (χ1v) is 6.23. The van der Waals surface area contributed by atoms with E-state index >= 15 is 0 Å². The average molecular weight is 267 g/mol. The van der Waals surface area contributed by atoms with Crippen molar-refractivity contribution >= 4 is 0 Å². The number of rotatable bonds is 4. The third kappa shape index (κ3) is 2.70. The van der Waals surface area contributed by atoms with Gasteiger partial charge in [-0.25, -0.2) is 9.97 Å². The summed E-state index contributed by atoms with van der Waals surface area (Å²) in [7, 11) is 0. The summed E-state index contributed by atoms with van der Waals surface area (Å²) in [5.41, 5.74) is 7.20. The molecule has 0 unspecified atom stereocenters. The van der Waals surface area contributed by atoms with Crippen LogP contribution in [0, 0.1) is 0 Å². The van der Waals surface area contributed by atoms with Crippen LogP contribution in [0.4, 0.5) is 0 Å². The lowest BCUT2D eigenvalue weighted by atomic mass is 10.1. The molecule has 0 amide bonds. The SMILES string of the molecule is N[C@@H](Cc1ccccc1)c1nc(-c2ncccn2)no1. The molecule has 0 spiro atoms. The summed E-state index contributed by atoms with van der Waals surface area (Å²) < 4.78 is 5.19. The van der Waals surface area contributed by atoms with Gasteiger partial charge in [0.05, 0.1) is 6.04 Å². The number of hydrogen-bond acceptors (Lipinski definition) is 6. The summed E-state index contributed by atoms with van der Waals surface area (Å²) in [6.07, 6.45) is 3.89. The lowest BCUT2D eigenvalue weighted by molar-refractivity contribution is 0.354. The van der Waals surface area contributed by atoms with Crippen molar-refractivity contribution in [2.24, 2.45) is 5.73 Å². The first-order chi connectivity index (χ1) is 9.83. The first-order valence-electron chi connectivity index (χ1n) is 6.23. The van der Waals surface area contributed by atoms with Crippen molar-refractivity contribution in [2.75, 3.05) is 0 Å². The van der Waals surface area contributed by atoms with Crippen molar-refractivity contribution in [1.82, 2.24) is 20.1 Å². The van der Waals surface area contributed by atoms with Crippen LogP contribution in [0.2, 0.25) is 0 Å². The third-order valence-corrected chi connectivity index (χ3v) is 2.82. The minimum atomic E-state index is -0.345. The molecule has 100 valence electrons. The van der Waals surface area contributed by atoms with E-state index in [1.165, 1.54) is 0 Å². The normalized spacial score (nSPS) is 12.2. The Hall–Kier alpha value is -2.60. The molecule has 0 fully saturated rings. The van der Waals surface area contributed by atoms with Crippen molar-refractivity contribution in [1.29, 1.82) is 0 Å². The molecule has 1 atom stereocenters. The number of hydrogen-bond donors (Lipinski definition) is 1. The minimum Gasteiger partial charge on any atom is -0.337 e. The van der Waals surface area contributed by atoms with E-state index < -0.39 is 0 Å². The van der Waals surface area contributed by atoms with E-state index in [9.17, 15) is 0 Å². The number of nitrogens with zero attached hydrogens (tertiary/aromatic N) is 4. The van der Waals surface area contributed by atoms with Crippen molar-refractivity contribution in [3.8, 4) is 11.6 Å². The Morgan fingerprint density at radius 1 is 1.00 bits per heavy atom. The van der Waals surface area contributed by atoms with Gasteiger partial charge in [-0.1, -0.05) is 35.5 Å². The Labute approximate surface area is 115 Å². The van der Waals surface area contributed by atoms with Crippen molar-refractivity contribution < 1.29 is 4.52 Å². The van der Waals surface area contributed by atoms with Gasteiger partial charge >= 0.3 is 0 Å². The molecule has 0 aliphatic heterocycles. The van der Waals surface area contributed by atoms with Crippen LogP contribution >= 0.6 is 0 Å². The predicted octanol–water partition coefficient (Wildman–Crippen LogP) is 1.77. The second kappa shape index (κ2) is 5.58. The topological polar surface area (TPSA) is 90.7 Å². The standard InChI is InChI=1S/C14H13N5O/c15-11(9-10-5-2-1-3-6-10)14-18-13(19-20-14)12-16-7-4-8-17-12/h1-8,11H,9,15H2/t11-/m0/s1. The molecule has 1 aromatic carbocycles.